The molecule has 3 fully saturated rings. The third kappa shape index (κ3) is 1.44. The van der Waals surface area contributed by atoms with Crippen molar-refractivity contribution in [2.75, 3.05) is 52.5 Å². The van der Waals surface area contributed by atoms with Gasteiger partial charge < -0.3 is 4.74 Å². The van der Waals surface area contributed by atoms with Crippen LogP contribution in [0.25, 0.3) is 0 Å². The van der Waals surface area contributed by atoms with Crippen molar-refractivity contribution in [3.05, 3.63) is 0 Å². The lowest BCUT2D eigenvalue weighted by Gasteiger charge is -2.35. The zero-order valence-corrected chi connectivity index (χ0v) is 9.16. The van der Waals surface area contributed by atoms with Crippen molar-refractivity contribution in [3.8, 4) is 0 Å². The van der Waals surface area contributed by atoms with Crippen molar-refractivity contribution >= 4 is 7.59 Å². The van der Waals surface area contributed by atoms with E-state index in [0.717, 1.165) is 52.5 Å². The molecule has 0 spiro atoms. The van der Waals surface area contributed by atoms with Crippen LogP contribution in [0.15, 0.2) is 0 Å². The fourth-order valence-corrected chi connectivity index (χ4v) is 4.94. The van der Waals surface area contributed by atoms with E-state index in [9.17, 15) is 4.57 Å². The molecule has 0 N–H and O–H groups in total. The maximum atomic E-state index is 12.8. The number of ether oxygens (including phenoxy) is 1. The summed E-state index contributed by atoms with van der Waals surface area (Å²) in [5.41, 5.74) is 0. The zero-order valence-electron chi connectivity index (χ0n) is 8.26. The molecule has 0 saturated carbocycles. The summed E-state index contributed by atoms with van der Waals surface area (Å²) in [6.07, 6.45) is 0. The van der Waals surface area contributed by atoms with E-state index in [2.05, 4.69) is 14.0 Å². The summed E-state index contributed by atoms with van der Waals surface area (Å²) in [7, 11) is -2.30. The first-order valence-electron chi connectivity index (χ1n) is 5.26. The topological polar surface area (TPSA) is 35.6 Å². The van der Waals surface area contributed by atoms with Gasteiger partial charge in [0.05, 0.1) is 13.2 Å². The van der Waals surface area contributed by atoms with Gasteiger partial charge in [0.1, 0.15) is 0 Å². The monoisotopic (exact) mass is 217 g/mol. The molecule has 0 atom stereocenters. The number of hydrogen-bond acceptors (Lipinski definition) is 2. The van der Waals surface area contributed by atoms with E-state index in [1.165, 1.54) is 0 Å². The molecule has 0 aromatic carbocycles. The van der Waals surface area contributed by atoms with Crippen molar-refractivity contribution < 1.29 is 9.30 Å². The van der Waals surface area contributed by atoms with Crippen LogP contribution in [0.1, 0.15) is 0 Å². The molecular weight excluding hydrogens is 201 g/mol. The Hall–Kier alpha value is 0.0700. The van der Waals surface area contributed by atoms with E-state index in [-0.39, 0.29) is 0 Å². The molecule has 0 bridgehead atoms. The molecule has 3 saturated heterocycles. The Morgan fingerprint density at radius 2 is 1.21 bits per heavy atom. The van der Waals surface area contributed by atoms with Gasteiger partial charge in [-0.1, -0.05) is 0 Å². The van der Waals surface area contributed by atoms with Gasteiger partial charge in [-0.15, -0.1) is 0 Å². The van der Waals surface area contributed by atoms with Crippen molar-refractivity contribution in [3.63, 3.8) is 0 Å². The predicted molar refractivity (Wildman–Crippen MR) is 53.1 cm³/mol. The molecule has 3 aliphatic rings. The quantitative estimate of drug-likeness (QED) is 0.493. The van der Waals surface area contributed by atoms with Crippen LogP contribution in [0.4, 0.5) is 0 Å². The maximum absolute atomic E-state index is 12.8. The Labute approximate surface area is 84.1 Å². The van der Waals surface area contributed by atoms with Crippen molar-refractivity contribution in [2.24, 2.45) is 0 Å². The molecule has 0 aromatic rings. The fraction of sp³-hybridized carbons (Fsp3) is 1.00. The highest BCUT2D eigenvalue weighted by Gasteiger charge is 2.51. The molecule has 14 heavy (non-hydrogen) atoms. The van der Waals surface area contributed by atoms with Gasteiger partial charge >= 0.3 is 0 Å². The molecule has 3 rings (SSSR count). The van der Waals surface area contributed by atoms with Gasteiger partial charge in [-0.05, 0) is 0 Å². The number of morpholine rings is 1. The van der Waals surface area contributed by atoms with Gasteiger partial charge in [0, 0.05) is 39.3 Å². The van der Waals surface area contributed by atoms with Crippen LogP contribution in [0.5, 0.6) is 0 Å². The molecule has 0 aromatic heterocycles. The SMILES string of the molecule is O=P(N1CCOCC1)(N1CC1)N1CC1. The number of nitrogens with zero attached hydrogens (tertiary/aromatic N) is 3. The van der Waals surface area contributed by atoms with E-state index in [0.29, 0.717) is 0 Å². The molecule has 5 nitrogen and oxygen atoms in total. The Kier molecular flexibility index (Phi) is 2.18. The lowest BCUT2D eigenvalue weighted by Crippen LogP contribution is -2.37. The Balaban J connectivity index is 1.79. The van der Waals surface area contributed by atoms with Crippen LogP contribution in [0, 0.1) is 0 Å². The summed E-state index contributed by atoms with van der Waals surface area (Å²) >= 11 is 0. The van der Waals surface area contributed by atoms with E-state index in [1.54, 1.807) is 0 Å². The minimum atomic E-state index is -2.30. The molecule has 3 aliphatic heterocycles. The van der Waals surface area contributed by atoms with Gasteiger partial charge in [0.25, 0.3) is 7.59 Å². The molecule has 0 amide bonds. The fourth-order valence-electron chi connectivity index (χ4n) is 1.96. The minimum Gasteiger partial charge on any atom is -0.379 e. The summed E-state index contributed by atoms with van der Waals surface area (Å²) in [6, 6.07) is 0. The lowest BCUT2D eigenvalue weighted by molar-refractivity contribution is 0.0686. The molecule has 6 heteroatoms. The summed E-state index contributed by atoms with van der Waals surface area (Å²) in [5, 5.41) is 0. The lowest BCUT2D eigenvalue weighted by atomic mass is 10.5. The first-order chi connectivity index (χ1) is 6.82. The van der Waals surface area contributed by atoms with Gasteiger partial charge in [-0.25, -0.2) is 14.0 Å². The summed E-state index contributed by atoms with van der Waals surface area (Å²) in [4.78, 5) is 0. The van der Waals surface area contributed by atoms with Crippen molar-refractivity contribution in [1.82, 2.24) is 14.0 Å². The molecule has 3 heterocycles. The van der Waals surface area contributed by atoms with Crippen LogP contribution in [0.2, 0.25) is 0 Å². The molecule has 0 unspecified atom stereocenters. The van der Waals surface area contributed by atoms with Crippen LogP contribution in [0.3, 0.4) is 0 Å². The van der Waals surface area contributed by atoms with Crippen molar-refractivity contribution in [1.29, 1.82) is 0 Å². The summed E-state index contributed by atoms with van der Waals surface area (Å²) in [5.74, 6) is 0. The first kappa shape index (κ1) is 9.31. The van der Waals surface area contributed by atoms with Crippen LogP contribution in [-0.4, -0.2) is 66.5 Å². The Morgan fingerprint density at radius 3 is 1.64 bits per heavy atom. The highest BCUT2D eigenvalue weighted by Crippen LogP contribution is 2.62. The zero-order chi connectivity index (χ0) is 9.60. The molecule has 0 aliphatic carbocycles. The Bertz CT molecular complexity index is 256. The molecule has 0 radical (unpaired) electrons. The molecule has 80 valence electrons. The average molecular weight is 217 g/mol. The van der Waals surface area contributed by atoms with Gasteiger partial charge in [-0.2, -0.15) is 0 Å². The van der Waals surface area contributed by atoms with Crippen molar-refractivity contribution in [2.45, 2.75) is 0 Å². The van der Waals surface area contributed by atoms with Gasteiger partial charge in [-0.3, -0.25) is 4.57 Å². The third-order valence-electron chi connectivity index (χ3n) is 2.94. The predicted octanol–water partition coefficient (Wildman–Crippen LogP) is 0.0579. The van der Waals surface area contributed by atoms with Crippen LogP contribution < -0.4 is 0 Å². The van der Waals surface area contributed by atoms with Crippen LogP contribution >= 0.6 is 7.59 Å². The second kappa shape index (κ2) is 3.29. The number of rotatable bonds is 3. The summed E-state index contributed by atoms with van der Waals surface area (Å²) in [6.45, 7) is 7.12. The standard InChI is InChI=1S/C8H16N3O2P/c12-14(9-1-2-9,10-3-4-10)11-5-7-13-8-6-11/h1-8H2. The number of hydrogen-bond donors (Lipinski definition) is 0. The maximum Gasteiger partial charge on any atom is 0.287 e. The van der Waals surface area contributed by atoms with E-state index in [1.807, 2.05) is 0 Å². The van der Waals surface area contributed by atoms with E-state index >= 15 is 0 Å². The third-order valence-corrected chi connectivity index (χ3v) is 6.35. The average Bonchev–Trinajstić information content (AvgIpc) is 3.06. The highest BCUT2D eigenvalue weighted by molar-refractivity contribution is 7.57. The second-order valence-electron chi connectivity index (χ2n) is 3.99. The van der Waals surface area contributed by atoms with Gasteiger partial charge in [0.2, 0.25) is 0 Å². The summed E-state index contributed by atoms with van der Waals surface area (Å²) < 4.78 is 24.5. The normalized spacial score (nSPS) is 30.6. The Morgan fingerprint density at radius 1 is 0.786 bits per heavy atom. The highest BCUT2D eigenvalue weighted by atomic mass is 31.2. The second-order valence-corrected chi connectivity index (χ2v) is 6.71. The smallest absolute Gasteiger partial charge is 0.287 e. The van der Waals surface area contributed by atoms with E-state index in [4.69, 9.17) is 4.74 Å². The largest absolute Gasteiger partial charge is 0.379 e. The van der Waals surface area contributed by atoms with E-state index < -0.39 is 7.59 Å². The minimum absolute atomic E-state index is 0.728. The van der Waals surface area contributed by atoms with Crippen LogP contribution in [-0.2, 0) is 9.30 Å². The van der Waals surface area contributed by atoms with Gasteiger partial charge in [0.15, 0.2) is 0 Å². The first-order valence-corrected chi connectivity index (χ1v) is 6.82. The molecular formula is C8H16N3O2P.